The molecule has 0 aromatic rings. The summed E-state index contributed by atoms with van der Waals surface area (Å²) in [5.74, 6) is -0.250. The fourth-order valence-corrected chi connectivity index (χ4v) is 1.01. The average Bonchev–Trinajstić information content (AvgIpc) is 2.02. The van der Waals surface area contributed by atoms with Crippen LogP contribution in [0.5, 0.6) is 0 Å². The molecule has 0 bridgehead atoms. The minimum Gasteiger partial charge on any atom is -0.369 e. The van der Waals surface area contributed by atoms with E-state index in [1.165, 1.54) is 25.7 Å². The first kappa shape index (κ1) is 11.2. The molecule has 0 spiro atoms. The smallest absolute Gasteiger partial charge is 0.221 e. The van der Waals surface area contributed by atoms with Gasteiger partial charge in [-0.25, -0.2) is 0 Å². The Labute approximate surface area is 74.8 Å². The Morgan fingerprint density at radius 1 is 1.25 bits per heavy atom. The molecule has 0 aromatic heterocycles. The van der Waals surface area contributed by atoms with Gasteiger partial charge in [0.05, 0.1) is 0 Å². The van der Waals surface area contributed by atoms with Crippen molar-refractivity contribution in [2.45, 2.75) is 45.4 Å². The summed E-state index contributed by atoms with van der Waals surface area (Å²) in [6, 6.07) is 0. The second-order valence-corrected chi connectivity index (χ2v) is 2.99. The number of primary amides is 1. The van der Waals surface area contributed by atoms with Gasteiger partial charge >= 0.3 is 0 Å². The summed E-state index contributed by atoms with van der Waals surface area (Å²) in [5.41, 5.74) is 4.96. The van der Waals surface area contributed by atoms with E-state index in [4.69, 9.17) is 5.73 Å². The van der Waals surface area contributed by atoms with Gasteiger partial charge in [-0.3, -0.25) is 4.79 Å². The molecular formula is C10H19NO. The highest BCUT2D eigenvalue weighted by atomic mass is 16.1. The van der Waals surface area contributed by atoms with Gasteiger partial charge < -0.3 is 5.73 Å². The van der Waals surface area contributed by atoms with E-state index in [1.54, 1.807) is 0 Å². The predicted octanol–water partition coefficient (Wildman–Crippen LogP) is 2.39. The SMILES string of the molecule is CCCCCC/C=C/CC(N)=O. The molecule has 0 fully saturated rings. The normalized spacial score (nSPS) is 10.8. The van der Waals surface area contributed by atoms with Gasteiger partial charge in [-0.05, 0) is 12.8 Å². The zero-order valence-corrected chi connectivity index (χ0v) is 7.88. The van der Waals surface area contributed by atoms with Crippen LogP contribution in [-0.4, -0.2) is 5.91 Å². The van der Waals surface area contributed by atoms with Crippen LogP contribution in [0.4, 0.5) is 0 Å². The second-order valence-electron chi connectivity index (χ2n) is 2.99. The van der Waals surface area contributed by atoms with Gasteiger partial charge in [-0.2, -0.15) is 0 Å². The van der Waals surface area contributed by atoms with Gasteiger partial charge in [-0.15, -0.1) is 0 Å². The second kappa shape index (κ2) is 8.31. The maximum Gasteiger partial charge on any atom is 0.221 e. The third kappa shape index (κ3) is 9.21. The van der Waals surface area contributed by atoms with Crippen molar-refractivity contribution in [1.29, 1.82) is 0 Å². The molecule has 0 aliphatic carbocycles. The van der Waals surface area contributed by atoms with Gasteiger partial charge in [0, 0.05) is 6.42 Å². The Morgan fingerprint density at radius 3 is 2.58 bits per heavy atom. The number of nitrogens with two attached hydrogens (primary N) is 1. The summed E-state index contributed by atoms with van der Waals surface area (Å²) in [6.07, 6.45) is 10.4. The highest BCUT2D eigenvalue weighted by Crippen LogP contribution is 2.02. The zero-order valence-electron chi connectivity index (χ0n) is 7.88. The van der Waals surface area contributed by atoms with E-state index < -0.39 is 0 Å². The predicted molar refractivity (Wildman–Crippen MR) is 51.7 cm³/mol. The molecule has 2 N–H and O–H groups in total. The van der Waals surface area contributed by atoms with Gasteiger partial charge in [0.15, 0.2) is 0 Å². The third-order valence-corrected chi connectivity index (χ3v) is 1.71. The molecule has 0 heterocycles. The number of amides is 1. The third-order valence-electron chi connectivity index (χ3n) is 1.71. The number of carbonyl (C=O) groups excluding carboxylic acids is 1. The van der Waals surface area contributed by atoms with Gasteiger partial charge in [0.1, 0.15) is 0 Å². The Kier molecular flexibility index (Phi) is 7.76. The minimum absolute atomic E-state index is 0.250. The summed E-state index contributed by atoms with van der Waals surface area (Å²) in [6.45, 7) is 2.20. The zero-order chi connectivity index (χ0) is 9.23. The number of hydrogen-bond donors (Lipinski definition) is 1. The Balaban J connectivity index is 3.08. The van der Waals surface area contributed by atoms with Crippen LogP contribution in [0.2, 0.25) is 0 Å². The van der Waals surface area contributed by atoms with E-state index in [-0.39, 0.29) is 5.91 Å². The van der Waals surface area contributed by atoms with E-state index >= 15 is 0 Å². The number of unbranched alkanes of at least 4 members (excludes halogenated alkanes) is 4. The largest absolute Gasteiger partial charge is 0.369 e. The molecule has 0 saturated heterocycles. The van der Waals surface area contributed by atoms with Crippen LogP contribution < -0.4 is 5.73 Å². The Hall–Kier alpha value is -0.790. The van der Waals surface area contributed by atoms with Crippen molar-refractivity contribution in [3.8, 4) is 0 Å². The molecule has 0 radical (unpaired) electrons. The number of allylic oxidation sites excluding steroid dienone is 1. The quantitative estimate of drug-likeness (QED) is 0.461. The molecule has 2 nitrogen and oxygen atoms in total. The molecule has 12 heavy (non-hydrogen) atoms. The molecule has 0 atom stereocenters. The molecule has 1 amide bonds. The summed E-state index contributed by atoms with van der Waals surface area (Å²) in [4.78, 5) is 10.3. The van der Waals surface area contributed by atoms with Crippen LogP contribution in [0.25, 0.3) is 0 Å². The van der Waals surface area contributed by atoms with Crippen LogP contribution in [0.15, 0.2) is 12.2 Å². The first-order chi connectivity index (χ1) is 5.77. The first-order valence-electron chi connectivity index (χ1n) is 4.70. The molecule has 0 aromatic carbocycles. The highest BCUT2D eigenvalue weighted by molar-refractivity contribution is 5.75. The standard InChI is InChI=1S/C10H19NO/c1-2-3-4-5-6-7-8-9-10(11)12/h7-8H,2-6,9H2,1H3,(H2,11,12)/b8-7+. The van der Waals surface area contributed by atoms with Crippen molar-refractivity contribution in [1.82, 2.24) is 0 Å². The van der Waals surface area contributed by atoms with E-state index in [1.807, 2.05) is 12.2 Å². The maximum absolute atomic E-state index is 10.3. The van der Waals surface area contributed by atoms with Crippen LogP contribution in [0.3, 0.4) is 0 Å². The summed E-state index contributed by atoms with van der Waals surface area (Å²) < 4.78 is 0. The van der Waals surface area contributed by atoms with E-state index in [2.05, 4.69) is 6.92 Å². The lowest BCUT2D eigenvalue weighted by atomic mass is 10.1. The van der Waals surface area contributed by atoms with Gasteiger partial charge in [-0.1, -0.05) is 38.3 Å². The topological polar surface area (TPSA) is 43.1 Å². The lowest BCUT2D eigenvalue weighted by molar-refractivity contribution is -0.117. The van der Waals surface area contributed by atoms with Crippen LogP contribution in [0, 0.1) is 0 Å². The summed E-state index contributed by atoms with van der Waals surface area (Å²) in [7, 11) is 0. The summed E-state index contributed by atoms with van der Waals surface area (Å²) >= 11 is 0. The summed E-state index contributed by atoms with van der Waals surface area (Å²) in [5, 5.41) is 0. The maximum atomic E-state index is 10.3. The lowest BCUT2D eigenvalue weighted by Crippen LogP contribution is -2.07. The average molecular weight is 169 g/mol. The molecule has 0 aliphatic rings. The van der Waals surface area contributed by atoms with Crippen LogP contribution in [0.1, 0.15) is 45.4 Å². The van der Waals surface area contributed by atoms with E-state index in [0.717, 1.165) is 6.42 Å². The fourth-order valence-electron chi connectivity index (χ4n) is 1.01. The highest BCUT2D eigenvalue weighted by Gasteiger charge is 1.87. The first-order valence-corrected chi connectivity index (χ1v) is 4.70. The van der Waals surface area contributed by atoms with Crippen LogP contribution >= 0.6 is 0 Å². The Morgan fingerprint density at radius 2 is 2.00 bits per heavy atom. The lowest BCUT2D eigenvalue weighted by Gasteiger charge is -1.93. The minimum atomic E-state index is -0.250. The molecular weight excluding hydrogens is 150 g/mol. The molecule has 70 valence electrons. The van der Waals surface area contributed by atoms with E-state index in [9.17, 15) is 4.79 Å². The van der Waals surface area contributed by atoms with Crippen molar-refractivity contribution in [2.24, 2.45) is 5.73 Å². The van der Waals surface area contributed by atoms with E-state index in [0.29, 0.717) is 6.42 Å². The van der Waals surface area contributed by atoms with Gasteiger partial charge in [0.2, 0.25) is 5.91 Å². The fraction of sp³-hybridized carbons (Fsp3) is 0.700. The van der Waals surface area contributed by atoms with Crippen molar-refractivity contribution in [2.75, 3.05) is 0 Å². The number of hydrogen-bond acceptors (Lipinski definition) is 1. The van der Waals surface area contributed by atoms with Crippen molar-refractivity contribution in [3.05, 3.63) is 12.2 Å². The van der Waals surface area contributed by atoms with Gasteiger partial charge in [0.25, 0.3) is 0 Å². The van der Waals surface area contributed by atoms with Crippen LogP contribution in [-0.2, 0) is 4.79 Å². The number of carbonyl (C=O) groups is 1. The molecule has 2 heteroatoms. The Bertz CT molecular complexity index is 141. The molecule has 0 rings (SSSR count). The molecule has 0 saturated carbocycles. The van der Waals surface area contributed by atoms with Crippen molar-refractivity contribution < 1.29 is 4.79 Å². The van der Waals surface area contributed by atoms with Crippen molar-refractivity contribution >= 4 is 5.91 Å². The monoisotopic (exact) mass is 169 g/mol. The molecule has 0 unspecified atom stereocenters. The molecule has 0 aliphatic heterocycles. The van der Waals surface area contributed by atoms with Crippen molar-refractivity contribution in [3.63, 3.8) is 0 Å². The number of rotatable bonds is 7.